The molecule has 1 amide bonds. The highest BCUT2D eigenvalue weighted by Crippen LogP contribution is 2.25. The Bertz CT molecular complexity index is 676. The highest BCUT2D eigenvalue weighted by molar-refractivity contribution is 7.89. The summed E-state index contributed by atoms with van der Waals surface area (Å²) in [7, 11) is -3.53. The number of piperidine rings is 1. The number of sulfonamides is 1. The van der Waals surface area contributed by atoms with Crippen LogP contribution in [-0.2, 0) is 14.8 Å². The maximum Gasteiger partial charge on any atom is 0.243 e. The van der Waals surface area contributed by atoms with Crippen molar-refractivity contribution in [2.24, 2.45) is 5.92 Å². The Balaban J connectivity index is 2.00. The molecule has 1 N–H and O–H groups in total. The van der Waals surface area contributed by atoms with Gasteiger partial charge in [0.25, 0.3) is 0 Å². The van der Waals surface area contributed by atoms with E-state index in [-0.39, 0.29) is 28.9 Å². The van der Waals surface area contributed by atoms with E-state index in [4.69, 9.17) is 4.74 Å². The van der Waals surface area contributed by atoms with Crippen LogP contribution in [0.5, 0.6) is 5.75 Å². The standard InChI is InChI=1S/C18H28N2O4S/c1-13(2)19-18(21)15-9-11-20(12-10-15)25(22,23)17-7-5-16(6-8-17)24-14(3)4/h5-8,13-15H,9-12H2,1-4H3,(H,19,21). The molecule has 2 rings (SSSR count). The zero-order valence-electron chi connectivity index (χ0n) is 15.4. The summed E-state index contributed by atoms with van der Waals surface area (Å²) in [5, 5.41) is 2.90. The number of hydrogen-bond donors (Lipinski definition) is 1. The number of hydrogen-bond acceptors (Lipinski definition) is 4. The fourth-order valence-corrected chi connectivity index (χ4v) is 4.34. The maximum atomic E-state index is 12.8. The second-order valence-electron chi connectivity index (χ2n) is 6.98. The summed E-state index contributed by atoms with van der Waals surface area (Å²) in [6.07, 6.45) is 1.14. The molecule has 1 aromatic rings. The molecule has 0 aliphatic carbocycles. The zero-order chi connectivity index (χ0) is 18.6. The van der Waals surface area contributed by atoms with E-state index < -0.39 is 10.0 Å². The van der Waals surface area contributed by atoms with Crippen molar-refractivity contribution in [3.05, 3.63) is 24.3 Å². The summed E-state index contributed by atoms with van der Waals surface area (Å²) in [5.74, 6) is 0.552. The van der Waals surface area contributed by atoms with E-state index in [1.807, 2.05) is 27.7 Å². The smallest absolute Gasteiger partial charge is 0.243 e. The molecule has 0 unspecified atom stereocenters. The molecule has 6 nitrogen and oxygen atoms in total. The summed E-state index contributed by atoms with van der Waals surface area (Å²) in [6, 6.07) is 6.60. The van der Waals surface area contributed by atoms with Crippen molar-refractivity contribution in [2.45, 2.75) is 57.6 Å². The van der Waals surface area contributed by atoms with Crippen LogP contribution >= 0.6 is 0 Å². The van der Waals surface area contributed by atoms with E-state index >= 15 is 0 Å². The van der Waals surface area contributed by atoms with Gasteiger partial charge in [-0.1, -0.05) is 0 Å². The summed E-state index contributed by atoms with van der Waals surface area (Å²) in [5.41, 5.74) is 0. The second-order valence-corrected chi connectivity index (χ2v) is 8.92. The number of benzene rings is 1. The first-order valence-electron chi connectivity index (χ1n) is 8.77. The normalized spacial score (nSPS) is 17.0. The first-order chi connectivity index (χ1) is 11.7. The van der Waals surface area contributed by atoms with Gasteiger partial charge < -0.3 is 10.1 Å². The fourth-order valence-electron chi connectivity index (χ4n) is 2.87. The third-order valence-electron chi connectivity index (χ3n) is 4.09. The van der Waals surface area contributed by atoms with Gasteiger partial charge in [-0.25, -0.2) is 8.42 Å². The number of amides is 1. The lowest BCUT2D eigenvalue weighted by Gasteiger charge is -2.31. The van der Waals surface area contributed by atoms with Gasteiger partial charge in [0.15, 0.2) is 0 Å². The Labute approximate surface area is 150 Å². The molecule has 0 bridgehead atoms. The molecule has 0 radical (unpaired) electrons. The lowest BCUT2D eigenvalue weighted by atomic mass is 9.97. The third-order valence-corrected chi connectivity index (χ3v) is 6.00. The minimum absolute atomic E-state index is 0.0160. The molecule has 1 saturated heterocycles. The second kappa shape index (κ2) is 8.19. The predicted octanol–water partition coefficient (Wildman–Crippen LogP) is 2.40. The number of nitrogens with one attached hydrogen (secondary N) is 1. The summed E-state index contributed by atoms with van der Waals surface area (Å²) < 4.78 is 32.5. The first kappa shape index (κ1) is 19.7. The van der Waals surface area contributed by atoms with Crippen LogP contribution in [0.15, 0.2) is 29.2 Å². The van der Waals surface area contributed by atoms with Gasteiger partial charge in [0.1, 0.15) is 5.75 Å². The van der Waals surface area contributed by atoms with Gasteiger partial charge in [-0.2, -0.15) is 4.31 Å². The maximum absolute atomic E-state index is 12.8. The Morgan fingerprint density at radius 3 is 2.16 bits per heavy atom. The van der Waals surface area contributed by atoms with Crippen LogP contribution in [0.2, 0.25) is 0 Å². The predicted molar refractivity (Wildman–Crippen MR) is 97.0 cm³/mol. The molecule has 0 aromatic heterocycles. The molecule has 0 saturated carbocycles. The Morgan fingerprint density at radius 2 is 1.68 bits per heavy atom. The van der Waals surface area contributed by atoms with Crippen molar-refractivity contribution >= 4 is 15.9 Å². The van der Waals surface area contributed by atoms with Crippen LogP contribution in [0.3, 0.4) is 0 Å². The van der Waals surface area contributed by atoms with Crippen molar-refractivity contribution in [1.29, 1.82) is 0 Å². The van der Waals surface area contributed by atoms with Gasteiger partial charge in [0.05, 0.1) is 11.0 Å². The van der Waals surface area contributed by atoms with Gasteiger partial charge in [0.2, 0.25) is 15.9 Å². The highest BCUT2D eigenvalue weighted by Gasteiger charge is 2.32. The van der Waals surface area contributed by atoms with Crippen LogP contribution in [0.25, 0.3) is 0 Å². The number of rotatable bonds is 6. The van der Waals surface area contributed by atoms with E-state index in [0.717, 1.165) is 0 Å². The van der Waals surface area contributed by atoms with Gasteiger partial charge in [-0.3, -0.25) is 4.79 Å². The zero-order valence-corrected chi connectivity index (χ0v) is 16.2. The molecule has 1 aromatic carbocycles. The molecule has 1 aliphatic rings. The highest BCUT2D eigenvalue weighted by atomic mass is 32.2. The van der Waals surface area contributed by atoms with Gasteiger partial charge >= 0.3 is 0 Å². The lowest BCUT2D eigenvalue weighted by molar-refractivity contribution is -0.126. The molecule has 0 atom stereocenters. The molecular weight excluding hydrogens is 340 g/mol. The number of carbonyl (C=O) groups is 1. The monoisotopic (exact) mass is 368 g/mol. The molecule has 25 heavy (non-hydrogen) atoms. The minimum atomic E-state index is -3.53. The van der Waals surface area contributed by atoms with E-state index in [9.17, 15) is 13.2 Å². The first-order valence-corrected chi connectivity index (χ1v) is 10.2. The minimum Gasteiger partial charge on any atom is -0.491 e. The third kappa shape index (κ3) is 5.19. The molecule has 0 spiro atoms. The van der Waals surface area contributed by atoms with Gasteiger partial charge in [-0.15, -0.1) is 0 Å². The van der Waals surface area contributed by atoms with Crippen LogP contribution in [0, 0.1) is 5.92 Å². The van der Waals surface area contributed by atoms with Gasteiger partial charge in [-0.05, 0) is 64.8 Å². The van der Waals surface area contributed by atoms with Crippen molar-refractivity contribution < 1.29 is 17.9 Å². The quantitative estimate of drug-likeness (QED) is 0.837. The molecule has 1 heterocycles. The molecule has 7 heteroatoms. The summed E-state index contributed by atoms with van der Waals surface area (Å²) in [4.78, 5) is 12.3. The largest absolute Gasteiger partial charge is 0.491 e. The van der Waals surface area contributed by atoms with E-state index in [2.05, 4.69) is 5.32 Å². The Morgan fingerprint density at radius 1 is 1.12 bits per heavy atom. The SMILES string of the molecule is CC(C)NC(=O)C1CCN(S(=O)(=O)c2ccc(OC(C)C)cc2)CC1. The van der Waals surface area contributed by atoms with Crippen LogP contribution in [-0.4, -0.2) is 43.9 Å². The van der Waals surface area contributed by atoms with Crippen molar-refractivity contribution in [1.82, 2.24) is 9.62 Å². The van der Waals surface area contributed by atoms with Crippen molar-refractivity contribution in [2.75, 3.05) is 13.1 Å². The van der Waals surface area contributed by atoms with Crippen LogP contribution in [0.4, 0.5) is 0 Å². The van der Waals surface area contributed by atoms with Crippen molar-refractivity contribution in [3.8, 4) is 5.75 Å². The van der Waals surface area contributed by atoms with E-state index in [1.165, 1.54) is 4.31 Å². The van der Waals surface area contributed by atoms with Gasteiger partial charge in [0, 0.05) is 25.0 Å². The average Bonchev–Trinajstić information content (AvgIpc) is 2.54. The summed E-state index contributed by atoms with van der Waals surface area (Å²) >= 11 is 0. The number of carbonyl (C=O) groups excluding carboxylic acids is 1. The topological polar surface area (TPSA) is 75.7 Å². The van der Waals surface area contributed by atoms with Crippen LogP contribution in [0.1, 0.15) is 40.5 Å². The van der Waals surface area contributed by atoms with E-state index in [0.29, 0.717) is 31.7 Å². The fraction of sp³-hybridized carbons (Fsp3) is 0.611. The number of ether oxygens (including phenoxy) is 1. The van der Waals surface area contributed by atoms with E-state index in [1.54, 1.807) is 24.3 Å². The Hall–Kier alpha value is -1.60. The lowest BCUT2D eigenvalue weighted by Crippen LogP contribution is -2.44. The number of nitrogens with zero attached hydrogens (tertiary/aromatic N) is 1. The Kier molecular flexibility index (Phi) is 6.46. The average molecular weight is 368 g/mol. The molecule has 140 valence electrons. The summed E-state index contributed by atoms with van der Waals surface area (Å²) in [6.45, 7) is 8.41. The van der Waals surface area contributed by atoms with Crippen LogP contribution < -0.4 is 10.1 Å². The molecular formula is C18H28N2O4S. The van der Waals surface area contributed by atoms with Crippen molar-refractivity contribution in [3.63, 3.8) is 0 Å². The molecule has 1 fully saturated rings. The molecule has 1 aliphatic heterocycles.